The number of fused-ring (bicyclic) bond motifs is 3. The van der Waals surface area contributed by atoms with Crippen molar-refractivity contribution in [2.24, 2.45) is 11.3 Å². The summed E-state index contributed by atoms with van der Waals surface area (Å²) < 4.78 is 18.5. The Balaban J connectivity index is 2.35. The van der Waals surface area contributed by atoms with Crippen LogP contribution in [0.5, 0.6) is 0 Å². The second kappa shape index (κ2) is 6.96. The molecular formula is C21H38O5Si. The fourth-order valence-electron chi connectivity index (χ4n) is 4.10. The van der Waals surface area contributed by atoms with E-state index in [4.69, 9.17) is 13.9 Å². The van der Waals surface area contributed by atoms with Crippen molar-refractivity contribution in [2.45, 2.75) is 110 Å². The van der Waals surface area contributed by atoms with Crippen LogP contribution in [-0.2, 0) is 23.5 Å². The Labute approximate surface area is 165 Å². The fraction of sp³-hybridized carbons (Fsp3) is 0.905. The zero-order valence-electron chi connectivity index (χ0n) is 18.8. The van der Waals surface area contributed by atoms with Gasteiger partial charge in [0.05, 0.1) is 17.8 Å². The maximum Gasteiger partial charge on any atom is 0.303 e. The number of hydrogen-bond donors (Lipinski definition) is 0. The van der Waals surface area contributed by atoms with Gasteiger partial charge in [0.1, 0.15) is 0 Å². The van der Waals surface area contributed by atoms with Crippen LogP contribution in [0.25, 0.3) is 0 Å². The molecule has 0 spiro atoms. The van der Waals surface area contributed by atoms with Crippen molar-refractivity contribution >= 4 is 20.1 Å². The summed E-state index contributed by atoms with van der Waals surface area (Å²) in [5.41, 5.74) is -0.900. The Morgan fingerprint density at radius 2 is 1.70 bits per heavy atom. The van der Waals surface area contributed by atoms with Crippen molar-refractivity contribution in [1.29, 1.82) is 0 Å². The minimum Gasteiger partial charge on any atom is -0.454 e. The zero-order chi connectivity index (χ0) is 21.0. The Bertz CT molecular complexity index is 601. The first kappa shape index (κ1) is 22.6. The van der Waals surface area contributed by atoms with E-state index in [9.17, 15) is 9.59 Å². The number of hydrogen-bond acceptors (Lipinski definition) is 5. The molecule has 27 heavy (non-hydrogen) atoms. The molecule has 0 aliphatic heterocycles. The Morgan fingerprint density at radius 3 is 2.15 bits per heavy atom. The van der Waals surface area contributed by atoms with Gasteiger partial charge in [-0.3, -0.25) is 9.59 Å². The number of Topliss-reactive ketones (excluding diaryl/α,β-unsaturated/α-hetero) is 1. The minimum atomic E-state index is -2.02. The van der Waals surface area contributed by atoms with E-state index >= 15 is 0 Å². The van der Waals surface area contributed by atoms with Crippen molar-refractivity contribution < 1.29 is 23.5 Å². The highest BCUT2D eigenvalue weighted by molar-refractivity contribution is 6.74. The second-order valence-corrected chi connectivity index (χ2v) is 15.8. The quantitative estimate of drug-likeness (QED) is 0.516. The molecule has 3 aliphatic rings. The molecule has 0 aromatic carbocycles. The molecule has 156 valence electrons. The lowest BCUT2D eigenvalue weighted by Crippen LogP contribution is -2.67. The van der Waals surface area contributed by atoms with E-state index in [1.807, 2.05) is 27.7 Å². The van der Waals surface area contributed by atoms with Gasteiger partial charge in [-0.25, -0.2) is 0 Å². The van der Waals surface area contributed by atoms with Crippen LogP contribution < -0.4 is 0 Å². The summed E-state index contributed by atoms with van der Waals surface area (Å²) in [7, 11) is -2.02. The molecule has 0 saturated heterocycles. The molecule has 0 aromatic heterocycles. The first-order chi connectivity index (χ1) is 12.0. The number of carbonyl (C=O) groups is 2. The predicted octanol–water partition coefficient (Wildman–Crippen LogP) is 4.49. The van der Waals surface area contributed by atoms with E-state index in [1.54, 1.807) is 0 Å². The van der Waals surface area contributed by atoms with Crippen molar-refractivity contribution in [1.82, 2.24) is 0 Å². The van der Waals surface area contributed by atoms with Crippen LogP contribution in [0.4, 0.5) is 0 Å². The van der Waals surface area contributed by atoms with Crippen LogP contribution in [0, 0.1) is 11.3 Å². The van der Waals surface area contributed by atoms with Crippen molar-refractivity contribution in [3.8, 4) is 0 Å². The van der Waals surface area contributed by atoms with Gasteiger partial charge in [0.25, 0.3) is 0 Å². The number of carbonyl (C=O) groups excluding carboxylic acids is 2. The number of ketones is 1. The number of rotatable bonds is 4. The third-order valence-electron chi connectivity index (χ3n) is 6.55. The molecule has 3 aliphatic carbocycles. The molecule has 0 N–H and O–H groups in total. The van der Waals surface area contributed by atoms with Gasteiger partial charge >= 0.3 is 5.97 Å². The van der Waals surface area contributed by atoms with Crippen LogP contribution in [-0.4, -0.2) is 44.0 Å². The highest BCUT2D eigenvalue weighted by atomic mass is 28.4. The van der Waals surface area contributed by atoms with E-state index in [0.29, 0.717) is 12.8 Å². The lowest BCUT2D eigenvalue weighted by atomic mass is 9.56. The maximum absolute atomic E-state index is 13.2. The number of esters is 1. The summed E-state index contributed by atoms with van der Waals surface area (Å²) in [6.07, 6.45) is 0.289. The monoisotopic (exact) mass is 398 g/mol. The molecule has 5 unspecified atom stereocenters. The van der Waals surface area contributed by atoms with Crippen LogP contribution in [0.15, 0.2) is 0 Å². The van der Waals surface area contributed by atoms with E-state index < -0.39 is 25.8 Å². The highest BCUT2D eigenvalue weighted by Crippen LogP contribution is 2.54. The summed E-state index contributed by atoms with van der Waals surface area (Å²) in [5.74, 6) is -0.701. The molecule has 0 aromatic rings. The molecule has 3 fully saturated rings. The molecule has 3 rings (SSSR count). The van der Waals surface area contributed by atoms with Crippen LogP contribution in [0.3, 0.4) is 0 Å². The third kappa shape index (κ3) is 4.48. The van der Waals surface area contributed by atoms with Gasteiger partial charge in [0.15, 0.2) is 20.2 Å². The van der Waals surface area contributed by atoms with Gasteiger partial charge < -0.3 is 13.9 Å². The van der Waals surface area contributed by atoms with Crippen molar-refractivity contribution in [3.63, 3.8) is 0 Å². The summed E-state index contributed by atoms with van der Waals surface area (Å²) >= 11 is 0. The third-order valence-corrected chi connectivity index (χ3v) is 11.1. The maximum atomic E-state index is 13.2. The molecule has 3 saturated carbocycles. The molecule has 0 radical (unpaired) electrons. The second-order valence-electron chi connectivity index (χ2n) is 11.1. The van der Waals surface area contributed by atoms with Crippen molar-refractivity contribution in [3.05, 3.63) is 0 Å². The average molecular weight is 399 g/mol. The van der Waals surface area contributed by atoms with Gasteiger partial charge in [-0.2, -0.15) is 0 Å². The Morgan fingerprint density at radius 1 is 1.15 bits per heavy atom. The lowest BCUT2D eigenvalue weighted by molar-refractivity contribution is -0.225. The fourth-order valence-corrected chi connectivity index (χ4v) is 5.46. The number of ether oxygens (including phenoxy) is 2. The summed E-state index contributed by atoms with van der Waals surface area (Å²) in [4.78, 5) is 24.9. The van der Waals surface area contributed by atoms with Gasteiger partial charge in [0, 0.05) is 18.3 Å². The van der Waals surface area contributed by atoms with Crippen LogP contribution in [0.2, 0.25) is 18.1 Å². The smallest absolute Gasteiger partial charge is 0.303 e. The van der Waals surface area contributed by atoms with E-state index in [0.717, 1.165) is 0 Å². The Hall–Kier alpha value is -0.723. The first-order valence-electron chi connectivity index (χ1n) is 10.0. The van der Waals surface area contributed by atoms with E-state index in [1.165, 1.54) is 6.92 Å². The van der Waals surface area contributed by atoms with Gasteiger partial charge in [0.2, 0.25) is 0 Å². The summed E-state index contributed by atoms with van der Waals surface area (Å²) in [6, 6.07) is 0. The minimum absolute atomic E-state index is 0.00332. The topological polar surface area (TPSA) is 61.8 Å². The van der Waals surface area contributed by atoms with E-state index in [-0.39, 0.29) is 34.5 Å². The van der Waals surface area contributed by atoms with Crippen LogP contribution >= 0.6 is 0 Å². The normalized spacial score (nSPS) is 34.7. The zero-order valence-corrected chi connectivity index (χ0v) is 19.8. The first-order valence-corrected chi connectivity index (χ1v) is 13.0. The summed E-state index contributed by atoms with van der Waals surface area (Å²) in [5, 5.41) is 0.0737. The largest absolute Gasteiger partial charge is 0.454 e. The van der Waals surface area contributed by atoms with Crippen molar-refractivity contribution in [2.75, 3.05) is 0 Å². The average Bonchev–Trinajstić information content (AvgIpc) is 2.42. The molecule has 0 amide bonds. The molecular weight excluding hydrogens is 360 g/mol. The molecule has 5 atom stereocenters. The predicted molar refractivity (Wildman–Crippen MR) is 108 cm³/mol. The lowest BCUT2D eigenvalue weighted by Gasteiger charge is -2.57. The van der Waals surface area contributed by atoms with Gasteiger partial charge in [-0.05, 0) is 51.7 Å². The van der Waals surface area contributed by atoms with Gasteiger partial charge in [-0.1, -0.05) is 27.7 Å². The van der Waals surface area contributed by atoms with E-state index in [2.05, 4.69) is 33.9 Å². The van der Waals surface area contributed by atoms with Crippen LogP contribution in [0.1, 0.15) is 68.2 Å². The highest BCUT2D eigenvalue weighted by Gasteiger charge is 2.63. The molecule has 0 heterocycles. The summed E-state index contributed by atoms with van der Waals surface area (Å²) in [6.45, 7) is 20.5. The molecule has 5 nitrogen and oxygen atoms in total. The standard InChI is InChI=1S/C21H38O5Si/c1-13(22)24-18-17(23)14-11-16(25-19(2,3)4)21(18,8)12-15(14)26-27(9,10)20(5,6)7/h14-16,18H,11-12H2,1-10H3. The van der Waals surface area contributed by atoms with Gasteiger partial charge in [-0.15, -0.1) is 0 Å². The Kier molecular flexibility index (Phi) is 5.81. The SMILES string of the molecule is CC(=O)OC1C(=O)C2CC(OC(C)(C)C)C1(C)CC2O[Si](C)(C)C(C)(C)C. The molecule has 2 bridgehead atoms. The molecule has 6 heteroatoms.